The molecule has 5 heteroatoms. The maximum atomic E-state index is 5.24. The van der Waals surface area contributed by atoms with Crippen molar-refractivity contribution in [2.24, 2.45) is 0 Å². The van der Waals surface area contributed by atoms with Crippen LogP contribution in [-0.4, -0.2) is 21.9 Å². The smallest absolute Gasteiger partial charge is 0.184 e. The lowest BCUT2D eigenvalue weighted by molar-refractivity contribution is 0.222. The molecule has 0 amide bonds. The third-order valence-corrected chi connectivity index (χ3v) is 3.19. The van der Waals surface area contributed by atoms with E-state index >= 15 is 0 Å². The highest BCUT2D eigenvalue weighted by Gasteiger charge is 2.41. The molecule has 2 aromatic heterocycles. The Morgan fingerprint density at radius 3 is 2.88 bits per heavy atom. The standard InChI is InChI=1S/C12H13N4O/c1-3-7-13-10(5-1)12(6-2-4-8-14-12)11-9-15-16-17-11/h1,3,5,7,9H,2,4,6,8H2. The van der Waals surface area contributed by atoms with Crippen LogP contribution >= 0.6 is 0 Å². The number of pyridine rings is 1. The zero-order valence-corrected chi connectivity index (χ0v) is 9.41. The Bertz CT molecular complexity index is 463. The van der Waals surface area contributed by atoms with Gasteiger partial charge in [-0.3, -0.25) is 4.98 Å². The summed E-state index contributed by atoms with van der Waals surface area (Å²) in [6.07, 6.45) is 6.56. The van der Waals surface area contributed by atoms with Crippen molar-refractivity contribution in [2.45, 2.75) is 24.8 Å². The molecular formula is C12H13N4O. The van der Waals surface area contributed by atoms with E-state index in [9.17, 15) is 0 Å². The molecule has 3 heterocycles. The van der Waals surface area contributed by atoms with Crippen molar-refractivity contribution < 1.29 is 4.52 Å². The Morgan fingerprint density at radius 1 is 1.24 bits per heavy atom. The second kappa shape index (κ2) is 4.25. The second-order valence-electron chi connectivity index (χ2n) is 4.20. The molecule has 1 saturated heterocycles. The summed E-state index contributed by atoms with van der Waals surface area (Å²) in [5.74, 6) is 0.691. The molecule has 1 aliphatic heterocycles. The Kier molecular flexibility index (Phi) is 2.60. The zero-order valence-electron chi connectivity index (χ0n) is 9.41. The summed E-state index contributed by atoms with van der Waals surface area (Å²) < 4.78 is 5.24. The Balaban J connectivity index is 2.08. The van der Waals surface area contributed by atoms with Crippen molar-refractivity contribution in [3.8, 4) is 0 Å². The Morgan fingerprint density at radius 2 is 2.24 bits per heavy atom. The molecule has 1 atom stereocenters. The molecule has 5 nitrogen and oxygen atoms in total. The van der Waals surface area contributed by atoms with E-state index < -0.39 is 5.54 Å². The lowest BCUT2D eigenvalue weighted by Crippen LogP contribution is -2.42. The third kappa shape index (κ3) is 1.72. The van der Waals surface area contributed by atoms with Crippen LogP contribution in [-0.2, 0) is 5.54 Å². The van der Waals surface area contributed by atoms with Gasteiger partial charge in [-0.2, -0.15) is 0 Å². The minimum absolute atomic E-state index is 0.483. The average molecular weight is 229 g/mol. The van der Waals surface area contributed by atoms with E-state index in [1.807, 2.05) is 18.2 Å². The summed E-state index contributed by atoms with van der Waals surface area (Å²) in [6, 6.07) is 5.86. The van der Waals surface area contributed by atoms with Gasteiger partial charge >= 0.3 is 0 Å². The van der Waals surface area contributed by atoms with Crippen LogP contribution in [0.2, 0.25) is 0 Å². The molecule has 1 unspecified atom stereocenters. The van der Waals surface area contributed by atoms with Crippen molar-refractivity contribution in [1.82, 2.24) is 20.7 Å². The van der Waals surface area contributed by atoms with Crippen molar-refractivity contribution >= 4 is 0 Å². The summed E-state index contributed by atoms with van der Waals surface area (Å²) in [4.78, 5) is 4.42. The lowest BCUT2D eigenvalue weighted by atomic mass is 9.83. The van der Waals surface area contributed by atoms with Gasteiger partial charge < -0.3 is 4.52 Å². The van der Waals surface area contributed by atoms with Crippen LogP contribution in [0.4, 0.5) is 0 Å². The van der Waals surface area contributed by atoms with Crippen molar-refractivity contribution in [2.75, 3.05) is 6.54 Å². The minimum atomic E-state index is -0.483. The highest BCUT2D eigenvalue weighted by molar-refractivity contribution is 5.27. The van der Waals surface area contributed by atoms with E-state index in [2.05, 4.69) is 15.4 Å². The van der Waals surface area contributed by atoms with Crippen molar-refractivity contribution in [1.29, 1.82) is 0 Å². The van der Waals surface area contributed by atoms with Crippen LogP contribution in [0.3, 0.4) is 0 Å². The molecule has 87 valence electrons. The van der Waals surface area contributed by atoms with E-state index in [1.54, 1.807) is 12.4 Å². The largest absolute Gasteiger partial charge is 0.340 e. The van der Waals surface area contributed by atoms with Crippen LogP contribution in [0, 0.1) is 0 Å². The fourth-order valence-corrected chi connectivity index (χ4v) is 2.33. The highest BCUT2D eigenvalue weighted by atomic mass is 16.5. The number of aromatic nitrogens is 3. The van der Waals surface area contributed by atoms with Gasteiger partial charge in [0.25, 0.3) is 0 Å². The first-order valence-corrected chi connectivity index (χ1v) is 5.80. The van der Waals surface area contributed by atoms with Gasteiger partial charge in [-0.15, -0.1) is 5.10 Å². The summed E-state index contributed by atoms with van der Waals surface area (Å²) in [7, 11) is 0. The second-order valence-corrected chi connectivity index (χ2v) is 4.20. The number of nitrogens with zero attached hydrogens (tertiary/aromatic N) is 4. The molecule has 2 aromatic rings. The van der Waals surface area contributed by atoms with E-state index in [1.165, 1.54) is 0 Å². The third-order valence-electron chi connectivity index (χ3n) is 3.19. The van der Waals surface area contributed by atoms with Crippen molar-refractivity contribution in [3.05, 3.63) is 42.0 Å². The summed E-state index contributed by atoms with van der Waals surface area (Å²) >= 11 is 0. The predicted molar refractivity (Wildman–Crippen MR) is 60.2 cm³/mol. The van der Waals surface area contributed by atoms with Gasteiger partial charge in [0, 0.05) is 18.0 Å². The molecule has 1 radical (unpaired) electrons. The number of hydrogen-bond donors (Lipinski definition) is 0. The monoisotopic (exact) mass is 229 g/mol. The zero-order chi connectivity index (χ0) is 11.6. The first kappa shape index (κ1) is 10.4. The maximum Gasteiger partial charge on any atom is 0.184 e. The number of piperidine rings is 1. The fraction of sp³-hybridized carbons (Fsp3) is 0.417. The Labute approximate surface area is 99.2 Å². The number of rotatable bonds is 2. The van der Waals surface area contributed by atoms with Crippen LogP contribution in [0.1, 0.15) is 30.7 Å². The molecule has 0 aliphatic carbocycles. The molecule has 0 N–H and O–H groups in total. The van der Waals surface area contributed by atoms with Gasteiger partial charge in [0.05, 0.1) is 11.9 Å². The molecule has 3 rings (SSSR count). The summed E-state index contributed by atoms with van der Waals surface area (Å²) in [5, 5.41) is 12.1. The first-order valence-electron chi connectivity index (χ1n) is 5.80. The minimum Gasteiger partial charge on any atom is -0.340 e. The topological polar surface area (TPSA) is 65.9 Å². The molecule has 17 heavy (non-hydrogen) atoms. The average Bonchev–Trinajstić information content (AvgIpc) is 2.95. The molecule has 0 spiro atoms. The lowest BCUT2D eigenvalue weighted by Gasteiger charge is -2.33. The molecule has 1 aliphatic rings. The predicted octanol–water partition coefficient (Wildman–Crippen LogP) is 1.50. The quantitative estimate of drug-likeness (QED) is 0.782. The van der Waals surface area contributed by atoms with Crippen LogP contribution in [0.5, 0.6) is 0 Å². The van der Waals surface area contributed by atoms with Crippen LogP contribution < -0.4 is 5.32 Å². The van der Waals surface area contributed by atoms with E-state index in [0.717, 1.165) is 31.5 Å². The van der Waals surface area contributed by atoms with Gasteiger partial charge in [-0.1, -0.05) is 6.07 Å². The van der Waals surface area contributed by atoms with Crippen LogP contribution in [0.15, 0.2) is 35.1 Å². The van der Waals surface area contributed by atoms with Gasteiger partial charge in [0.15, 0.2) is 5.76 Å². The Hall–Kier alpha value is -1.75. The molecule has 0 aromatic carbocycles. The number of hydrogen-bond acceptors (Lipinski definition) is 4. The van der Waals surface area contributed by atoms with Gasteiger partial charge in [-0.25, -0.2) is 5.32 Å². The fourth-order valence-electron chi connectivity index (χ4n) is 2.33. The molecule has 0 bridgehead atoms. The highest BCUT2D eigenvalue weighted by Crippen LogP contribution is 2.36. The normalized spacial score (nSPS) is 24.7. The maximum absolute atomic E-state index is 5.24. The molecule has 0 saturated carbocycles. The van der Waals surface area contributed by atoms with E-state index in [0.29, 0.717) is 5.76 Å². The van der Waals surface area contributed by atoms with E-state index in [4.69, 9.17) is 9.84 Å². The van der Waals surface area contributed by atoms with E-state index in [-0.39, 0.29) is 0 Å². The van der Waals surface area contributed by atoms with Crippen molar-refractivity contribution in [3.63, 3.8) is 0 Å². The van der Waals surface area contributed by atoms with Gasteiger partial charge in [-0.05, 0) is 31.4 Å². The summed E-state index contributed by atoms with van der Waals surface area (Å²) in [6.45, 7) is 0.831. The SMILES string of the molecule is c1ccc(C2(c3cnno3)CCCC[N]2)nc1. The van der Waals surface area contributed by atoms with Gasteiger partial charge in [0.1, 0.15) is 5.54 Å². The van der Waals surface area contributed by atoms with Gasteiger partial charge in [0.2, 0.25) is 0 Å². The van der Waals surface area contributed by atoms with Crippen LogP contribution in [0.25, 0.3) is 0 Å². The molecular weight excluding hydrogens is 216 g/mol. The first-order chi connectivity index (χ1) is 8.42. The summed E-state index contributed by atoms with van der Waals surface area (Å²) in [5.41, 5.74) is 0.432. The molecule has 1 fully saturated rings.